The first-order chi connectivity index (χ1) is 11.2. The van der Waals surface area contributed by atoms with Crippen molar-refractivity contribution in [1.29, 1.82) is 0 Å². The molecule has 2 aromatic rings. The van der Waals surface area contributed by atoms with E-state index in [2.05, 4.69) is 31.2 Å². The number of unbranched alkanes of at least 4 members (excludes halogenated alkanes) is 1. The summed E-state index contributed by atoms with van der Waals surface area (Å²) in [7, 11) is 0. The van der Waals surface area contributed by atoms with Crippen molar-refractivity contribution >= 4 is 23.3 Å². The highest BCUT2D eigenvalue weighted by Gasteiger charge is 2.13. The molecule has 0 saturated carbocycles. The molecule has 0 unspecified atom stereocenters. The standard InChI is InChI=1S/C20H22O2S/c1-3-5-8-15-9-6-7-10-19(15)23-17-13-11-16(12-14-17)20(22)18(21)4-2/h6-7,9-14H,3-5,8H2,1-2H3. The van der Waals surface area contributed by atoms with E-state index >= 15 is 0 Å². The van der Waals surface area contributed by atoms with Crippen LogP contribution >= 0.6 is 11.8 Å². The van der Waals surface area contributed by atoms with Crippen molar-refractivity contribution in [3.63, 3.8) is 0 Å². The largest absolute Gasteiger partial charge is 0.290 e. The maximum absolute atomic E-state index is 11.9. The molecule has 0 atom stereocenters. The third-order valence-electron chi connectivity index (χ3n) is 3.69. The molecule has 0 spiro atoms. The summed E-state index contributed by atoms with van der Waals surface area (Å²) in [6.07, 6.45) is 3.70. The van der Waals surface area contributed by atoms with Crippen molar-refractivity contribution in [2.24, 2.45) is 0 Å². The minimum Gasteiger partial charge on any atom is -0.290 e. The van der Waals surface area contributed by atoms with Gasteiger partial charge in [-0.3, -0.25) is 9.59 Å². The molecule has 0 aliphatic carbocycles. The Balaban J connectivity index is 2.12. The highest BCUT2D eigenvalue weighted by molar-refractivity contribution is 7.99. The summed E-state index contributed by atoms with van der Waals surface area (Å²) in [5, 5.41) is 0. The number of hydrogen-bond donors (Lipinski definition) is 0. The molecule has 0 fully saturated rings. The van der Waals surface area contributed by atoms with Gasteiger partial charge in [0, 0.05) is 21.8 Å². The molecule has 0 heterocycles. The van der Waals surface area contributed by atoms with Crippen molar-refractivity contribution in [3.05, 3.63) is 59.7 Å². The Morgan fingerprint density at radius 1 is 0.957 bits per heavy atom. The second-order valence-electron chi connectivity index (χ2n) is 5.44. The van der Waals surface area contributed by atoms with Gasteiger partial charge < -0.3 is 0 Å². The van der Waals surface area contributed by atoms with E-state index in [-0.39, 0.29) is 12.2 Å². The monoisotopic (exact) mass is 326 g/mol. The lowest BCUT2D eigenvalue weighted by molar-refractivity contribution is -0.114. The Morgan fingerprint density at radius 2 is 1.65 bits per heavy atom. The van der Waals surface area contributed by atoms with Crippen LogP contribution < -0.4 is 0 Å². The normalized spacial score (nSPS) is 10.5. The summed E-state index contributed by atoms with van der Waals surface area (Å²) in [4.78, 5) is 25.7. The number of aryl methyl sites for hydroxylation is 1. The van der Waals surface area contributed by atoms with E-state index in [1.807, 2.05) is 12.1 Å². The van der Waals surface area contributed by atoms with E-state index < -0.39 is 5.78 Å². The highest BCUT2D eigenvalue weighted by atomic mass is 32.2. The minimum atomic E-state index is -0.396. The summed E-state index contributed by atoms with van der Waals surface area (Å²) >= 11 is 1.70. The Kier molecular flexibility index (Phi) is 6.60. The van der Waals surface area contributed by atoms with Gasteiger partial charge in [0.25, 0.3) is 0 Å². The van der Waals surface area contributed by atoms with Gasteiger partial charge in [-0.2, -0.15) is 0 Å². The van der Waals surface area contributed by atoms with Crippen LogP contribution in [0.25, 0.3) is 0 Å². The number of hydrogen-bond acceptors (Lipinski definition) is 3. The smallest absolute Gasteiger partial charge is 0.228 e. The van der Waals surface area contributed by atoms with Crippen LogP contribution in [0.3, 0.4) is 0 Å². The molecule has 0 bridgehead atoms. The Labute approximate surface area is 142 Å². The van der Waals surface area contributed by atoms with Gasteiger partial charge in [0.2, 0.25) is 11.6 Å². The van der Waals surface area contributed by atoms with Crippen molar-refractivity contribution < 1.29 is 9.59 Å². The molecule has 0 N–H and O–H groups in total. The third kappa shape index (κ3) is 4.80. The van der Waals surface area contributed by atoms with Gasteiger partial charge in [0.05, 0.1) is 0 Å². The van der Waals surface area contributed by atoms with Crippen LogP contribution in [-0.4, -0.2) is 11.6 Å². The van der Waals surface area contributed by atoms with Gasteiger partial charge >= 0.3 is 0 Å². The molecule has 2 rings (SSSR count). The maximum atomic E-state index is 11.9. The molecular formula is C20H22O2S. The number of carbonyl (C=O) groups excluding carboxylic acids is 2. The van der Waals surface area contributed by atoms with Crippen LogP contribution in [0.5, 0.6) is 0 Å². The van der Waals surface area contributed by atoms with Crippen LogP contribution in [0.2, 0.25) is 0 Å². The van der Waals surface area contributed by atoms with Crippen LogP contribution in [0.1, 0.15) is 49.0 Å². The molecule has 0 aromatic heterocycles. The number of Topliss-reactive ketones (excluding diaryl/α,β-unsaturated/α-hetero) is 2. The van der Waals surface area contributed by atoms with E-state index in [0.717, 1.165) is 11.3 Å². The Morgan fingerprint density at radius 3 is 2.30 bits per heavy atom. The Hall–Kier alpha value is -1.87. The molecule has 0 saturated heterocycles. The fourth-order valence-corrected chi connectivity index (χ4v) is 3.27. The molecule has 0 amide bonds. The number of ketones is 2. The van der Waals surface area contributed by atoms with Gasteiger partial charge in [0.1, 0.15) is 0 Å². The fourth-order valence-electron chi connectivity index (χ4n) is 2.30. The van der Waals surface area contributed by atoms with Gasteiger partial charge in [-0.05, 0) is 48.7 Å². The average molecular weight is 326 g/mol. The summed E-state index contributed by atoms with van der Waals surface area (Å²) in [6.45, 7) is 3.90. The molecule has 3 heteroatoms. The van der Waals surface area contributed by atoms with E-state index in [4.69, 9.17) is 0 Å². The van der Waals surface area contributed by atoms with Crippen LogP contribution in [-0.2, 0) is 11.2 Å². The van der Waals surface area contributed by atoms with Crippen molar-refractivity contribution in [1.82, 2.24) is 0 Å². The second kappa shape index (κ2) is 8.68. The maximum Gasteiger partial charge on any atom is 0.228 e. The molecule has 0 radical (unpaired) electrons. The zero-order valence-corrected chi connectivity index (χ0v) is 14.5. The minimum absolute atomic E-state index is 0.250. The van der Waals surface area contributed by atoms with E-state index in [1.54, 1.807) is 30.8 Å². The fraction of sp³-hybridized carbons (Fsp3) is 0.300. The first-order valence-corrected chi connectivity index (χ1v) is 8.90. The zero-order chi connectivity index (χ0) is 16.7. The lowest BCUT2D eigenvalue weighted by Crippen LogP contribution is -2.12. The lowest BCUT2D eigenvalue weighted by atomic mass is 10.1. The van der Waals surface area contributed by atoms with Crippen molar-refractivity contribution in [2.75, 3.05) is 0 Å². The van der Waals surface area contributed by atoms with Gasteiger partial charge in [-0.15, -0.1) is 0 Å². The van der Waals surface area contributed by atoms with E-state index in [0.29, 0.717) is 5.56 Å². The molecule has 0 aliphatic rings. The van der Waals surface area contributed by atoms with Crippen LogP contribution in [0.15, 0.2) is 58.3 Å². The molecule has 2 nitrogen and oxygen atoms in total. The summed E-state index contributed by atoms with van der Waals surface area (Å²) in [6, 6.07) is 15.8. The van der Waals surface area contributed by atoms with Crippen molar-refractivity contribution in [3.8, 4) is 0 Å². The highest BCUT2D eigenvalue weighted by Crippen LogP contribution is 2.31. The van der Waals surface area contributed by atoms with E-state index in [9.17, 15) is 9.59 Å². The molecular weight excluding hydrogens is 304 g/mol. The molecule has 23 heavy (non-hydrogen) atoms. The first kappa shape index (κ1) is 17.5. The molecule has 2 aromatic carbocycles. The van der Waals surface area contributed by atoms with Crippen LogP contribution in [0, 0.1) is 0 Å². The summed E-state index contributed by atoms with van der Waals surface area (Å²) in [5.41, 5.74) is 1.83. The quantitative estimate of drug-likeness (QED) is 0.485. The van der Waals surface area contributed by atoms with Crippen molar-refractivity contribution in [2.45, 2.75) is 49.3 Å². The predicted molar refractivity (Wildman–Crippen MR) is 95.2 cm³/mol. The SMILES string of the molecule is CCCCc1ccccc1Sc1ccc(C(=O)C(=O)CC)cc1. The van der Waals surface area contributed by atoms with E-state index in [1.165, 1.54) is 23.3 Å². The predicted octanol–water partition coefficient (Wildman–Crippen LogP) is 5.34. The lowest BCUT2D eigenvalue weighted by Gasteiger charge is -2.09. The van der Waals surface area contributed by atoms with Gasteiger partial charge in [-0.1, -0.05) is 50.2 Å². The third-order valence-corrected chi connectivity index (χ3v) is 4.82. The zero-order valence-electron chi connectivity index (χ0n) is 13.7. The average Bonchev–Trinajstić information content (AvgIpc) is 2.60. The topological polar surface area (TPSA) is 34.1 Å². The second-order valence-corrected chi connectivity index (χ2v) is 6.56. The first-order valence-electron chi connectivity index (χ1n) is 8.09. The number of rotatable bonds is 8. The summed E-state index contributed by atoms with van der Waals surface area (Å²) < 4.78 is 0. The number of carbonyl (C=O) groups is 2. The molecule has 120 valence electrons. The Bertz CT molecular complexity index is 674. The van der Waals surface area contributed by atoms with Gasteiger partial charge in [0.15, 0.2) is 0 Å². The number of benzene rings is 2. The van der Waals surface area contributed by atoms with Crippen LogP contribution in [0.4, 0.5) is 0 Å². The molecule has 0 aliphatic heterocycles. The van der Waals surface area contributed by atoms with Gasteiger partial charge in [-0.25, -0.2) is 0 Å². The summed E-state index contributed by atoms with van der Waals surface area (Å²) in [5.74, 6) is -0.734.